The minimum Gasteiger partial charge on any atom is -0.508 e. The Morgan fingerprint density at radius 3 is 2.45 bits per heavy atom. The molecule has 0 bridgehead atoms. The summed E-state index contributed by atoms with van der Waals surface area (Å²) in [6.45, 7) is 0. The molecular formula is C15H10O5. The Kier molecular flexibility index (Phi) is 1.78. The first-order valence-corrected chi connectivity index (χ1v) is 5.52. The fourth-order valence-corrected chi connectivity index (χ4v) is 1.78. The largest absolute Gasteiger partial charge is 0.508 e. The van der Waals surface area contributed by atoms with E-state index in [-0.39, 0.29) is 23.4 Å². The van der Waals surface area contributed by atoms with Crippen LogP contribution in [0.3, 0.4) is 0 Å². The summed E-state index contributed by atoms with van der Waals surface area (Å²) in [5.74, 6) is -2.28. The number of phenolic OH excluding ortho intramolecular Hbond substituents is 3. The minimum absolute atomic E-state index is 0.112. The summed E-state index contributed by atoms with van der Waals surface area (Å²) < 4.78 is 35.8. The van der Waals surface area contributed by atoms with E-state index in [4.69, 9.17) is 9.90 Å². The van der Waals surface area contributed by atoms with Crippen LogP contribution in [-0.4, -0.2) is 15.3 Å². The molecule has 5 heteroatoms. The van der Waals surface area contributed by atoms with Crippen LogP contribution in [-0.2, 0) is 0 Å². The van der Waals surface area contributed by atoms with Crippen molar-refractivity contribution in [1.29, 1.82) is 0 Å². The zero-order valence-electron chi connectivity index (χ0n) is 13.9. The summed E-state index contributed by atoms with van der Waals surface area (Å²) in [6, 6.07) is 1.22. The Morgan fingerprint density at radius 2 is 1.75 bits per heavy atom. The van der Waals surface area contributed by atoms with Crippen molar-refractivity contribution in [3.8, 4) is 28.6 Å². The normalized spacial score (nSPS) is 13.6. The van der Waals surface area contributed by atoms with E-state index in [2.05, 4.69) is 0 Å². The van der Waals surface area contributed by atoms with Gasteiger partial charge in [0.15, 0.2) is 5.43 Å². The van der Waals surface area contributed by atoms with E-state index in [1.54, 1.807) is 0 Å². The molecule has 0 radical (unpaired) electrons. The van der Waals surface area contributed by atoms with Crippen LogP contribution < -0.4 is 5.43 Å². The van der Waals surface area contributed by atoms with Crippen molar-refractivity contribution >= 4 is 11.0 Å². The van der Waals surface area contributed by atoms with Crippen LogP contribution in [0.2, 0.25) is 0 Å². The van der Waals surface area contributed by atoms with Crippen molar-refractivity contribution < 1.29 is 25.2 Å². The summed E-state index contributed by atoms with van der Waals surface area (Å²) in [4.78, 5) is 12.2. The van der Waals surface area contributed by atoms with E-state index < -0.39 is 45.7 Å². The van der Waals surface area contributed by atoms with Crippen LogP contribution in [0.1, 0.15) is 5.48 Å². The number of fused-ring (bicyclic) bond motifs is 1. The van der Waals surface area contributed by atoms with Gasteiger partial charge in [0.2, 0.25) is 0 Å². The number of hydrogen-bond donors (Lipinski definition) is 3. The van der Waals surface area contributed by atoms with Gasteiger partial charge in [0.25, 0.3) is 0 Å². The summed E-state index contributed by atoms with van der Waals surface area (Å²) in [5, 5.41) is 28.6. The maximum absolute atomic E-state index is 12.2. The smallest absolute Gasteiger partial charge is 0.197 e. The molecule has 0 saturated carbocycles. The first kappa shape index (κ1) is 8.27. The van der Waals surface area contributed by atoms with Crippen LogP contribution in [0.4, 0.5) is 0 Å². The van der Waals surface area contributed by atoms with Crippen LogP contribution in [0.25, 0.3) is 22.3 Å². The van der Waals surface area contributed by atoms with E-state index in [1.807, 2.05) is 0 Å². The van der Waals surface area contributed by atoms with E-state index in [9.17, 15) is 20.1 Å². The first-order chi connectivity index (χ1) is 11.2. The average molecular weight is 274 g/mol. The third-order valence-corrected chi connectivity index (χ3v) is 2.67. The first-order valence-electron chi connectivity index (χ1n) is 7.52. The van der Waals surface area contributed by atoms with E-state index in [0.717, 1.165) is 6.07 Å². The predicted molar refractivity (Wildman–Crippen MR) is 72.9 cm³/mol. The number of aromatic hydroxyl groups is 3. The van der Waals surface area contributed by atoms with Gasteiger partial charge in [-0.3, -0.25) is 4.79 Å². The average Bonchev–Trinajstić information content (AvgIpc) is 2.54. The number of hydrogen-bond acceptors (Lipinski definition) is 5. The van der Waals surface area contributed by atoms with E-state index >= 15 is 0 Å². The monoisotopic (exact) mass is 274 g/mol. The Balaban J connectivity index is 2.39. The van der Waals surface area contributed by atoms with Crippen molar-refractivity contribution in [2.45, 2.75) is 0 Å². The van der Waals surface area contributed by atoms with Gasteiger partial charge in [0, 0.05) is 23.7 Å². The van der Waals surface area contributed by atoms with Gasteiger partial charge in [-0.05, 0) is 24.2 Å². The third kappa shape index (κ3) is 1.95. The van der Waals surface area contributed by atoms with Crippen LogP contribution >= 0.6 is 0 Å². The summed E-state index contributed by atoms with van der Waals surface area (Å²) >= 11 is 0. The molecule has 0 atom stereocenters. The maximum Gasteiger partial charge on any atom is 0.197 e. The quantitative estimate of drug-likeness (QED) is 0.634. The minimum atomic E-state index is -0.839. The number of benzene rings is 2. The highest BCUT2D eigenvalue weighted by Crippen LogP contribution is 2.30. The molecule has 3 aromatic rings. The van der Waals surface area contributed by atoms with Gasteiger partial charge in [-0.2, -0.15) is 0 Å². The Morgan fingerprint density at radius 1 is 1.05 bits per heavy atom. The van der Waals surface area contributed by atoms with Crippen LogP contribution in [0, 0.1) is 0 Å². The standard InChI is InChI=1S/C15H10O5/c16-9-3-1-8(2-4-9)13-7-12(19)15-11(18)5-10(17)6-14(15)20-13/h1-7,16-18H/i3D,4D,5D,6D. The molecule has 0 saturated heterocycles. The van der Waals surface area contributed by atoms with Crippen molar-refractivity contribution in [2.24, 2.45) is 0 Å². The lowest BCUT2D eigenvalue weighted by Gasteiger charge is -2.05. The second-order valence-electron chi connectivity index (χ2n) is 4.01. The lowest BCUT2D eigenvalue weighted by atomic mass is 10.1. The molecule has 0 spiro atoms. The predicted octanol–water partition coefficient (Wildman–Crippen LogP) is 2.58. The van der Waals surface area contributed by atoms with Gasteiger partial charge < -0.3 is 19.7 Å². The number of rotatable bonds is 1. The molecule has 1 aromatic heterocycles. The molecule has 5 nitrogen and oxygen atoms in total. The molecule has 1 heterocycles. The van der Waals surface area contributed by atoms with Gasteiger partial charge in [-0.15, -0.1) is 0 Å². The van der Waals surface area contributed by atoms with Gasteiger partial charge in [0.05, 0.1) is 5.48 Å². The summed E-state index contributed by atoms with van der Waals surface area (Å²) in [5.41, 5.74) is -1.04. The highest BCUT2D eigenvalue weighted by molar-refractivity contribution is 5.85. The Bertz CT molecular complexity index is 1040. The lowest BCUT2D eigenvalue weighted by Crippen LogP contribution is -2.00. The molecule has 3 N–H and O–H groups in total. The third-order valence-electron chi connectivity index (χ3n) is 2.67. The molecule has 20 heavy (non-hydrogen) atoms. The van der Waals surface area contributed by atoms with Crippen molar-refractivity contribution in [3.05, 3.63) is 52.6 Å². The maximum atomic E-state index is 12.2. The summed E-state index contributed by atoms with van der Waals surface area (Å²) in [7, 11) is 0. The molecule has 0 aliphatic heterocycles. The summed E-state index contributed by atoms with van der Waals surface area (Å²) in [6.07, 6.45) is 0. The topological polar surface area (TPSA) is 90.9 Å². The zero-order valence-corrected chi connectivity index (χ0v) is 9.89. The molecule has 0 fully saturated rings. The van der Waals surface area contributed by atoms with Crippen LogP contribution in [0.15, 0.2) is 51.6 Å². The second-order valence-corrected chi connectivity index (χ2v) is 4.01. The van der Waals surface area contributed by atoms with E-state index in [0.29, 0.717) is 0 Å². The van der Waals surface area contributed by atoms with Gasteiger partial charge in [-0.25, -0.2) is 0 Å². The molecule has 0 amide bonds. The highest BCUT2D eigenvalue weighted by atomic mass is 16.3. The molecule has 2 aromatic carbocycles. The van der Waals surface area contributed by atoms with Gasteiger partial charge in [-0.1, -0.05) is 0 Å². The molecule has 0 aliphatic carbocycles. The fourth-order valence-electron chi connectivity index (χ4n) is 1.78. The fraction of sp³-hybridized carbons (Fsp3) is 0. The SMILES string of the molecule is [2H]c1cc(-c2cc(=O)c3c(O)c([2H])c(O)c([2H])c3o2)cc([2H])c1O. The van der Waals surface area contributed by atoms with Crippen molar-refractivity contribution in [3.63, 3.8) is 0 Å². The zero-order chi connectivity index (χ0) is 17.8. The van der Waals surface area contributed by atoms with Gasteiger partial charge >= 0.3 is 0 Å². The lowest BCUT2D eigenvalue weighted by molar-refractivity contribution is 0.452. The number of phenols is 3. The second kappa shape index (κ2) is 4.31. The van der Waals surface area contributed by atoms with Gasteiger partial charge in [0.1, 0.15) is 34.0 Å². The molecular weight excluding hydrogens is 260 g/mol. The molecule has 100 valence electrons. The van der Waals surface area contributed by atoms with Crippen LogP contribution in [0.5, 0.6) is 17.2 Å². The van der Waals surface area contributed by atoms with E-state index in [1.165, 1.54) is 12.1 Å². The molecule has 3 rings (SSSR count). The van der Waals surface area contributed by atoms with Crippen molar-refractivity contribution in [2.75, 3.05) is 0 Å². The Labute approximate surface area is 118 Å². The Hall–Kier alpha value is -2.95. The highest BCUT2D eigenvalue weighted by Gasteiger charge is 2.11. The molecule has 0 unspecified atom stereocenters. The van der Waals surface area contributed by atoms with Crippen molar-refractivity contribution in [1.82, 2.24) is 0 Å². The molecule has 0 aliphatic rings.